The molecule has 1 rings (SSSR count). The smallest absolute Gasteiger partial charge is 0.309 e. The van der Waals surface area contributed by atoms with Crippen LogP contribution in [0.1, 0.15) is 38.7 Å². The number of carbonyl (C=O) groups excluding carboxylic acids is 3. The Labute approximate surface area is 208 Å². The molecule has 2 amide bonds. The second-order valence-corrected chi connectivity index (χ2v) is 9.00. The Morgan fingerprint density at radius 2 is 1.71 bits per heavy atom. The zero-order valence-corrected chi connectivity index (χ0v) is 21.0. The molecule has 0 aromatic heterocycles. The van der Waals surface area contributed by atoms with E-state index >= 15 is 0 Å². The summed E-state index contributed by atoms with van der Waals surface area (Å²) in [7, 11) is 0. The molecule has 0 radical (unpaired) electrons. The molecule has 194 valence electrons. The van der Waals surface area contributed by atoms with Gasteiger partial charge in [-0.3, -0.25) is 14.4 Å². The van der Waals surface area contributed by atoms with Crippen molar-refractivity contribution in [3.8, 4) is 0 Å². The van der Waals surface area contributed by atoms with Gasteiger partial charge in [0.15, 0.2) is 0 Å². The van der Waals surface area contributed by atoms with Crippen LogP contribution < -0.4 is 10.6 Å². The summed E-state index contributed by atoms with van der Waals surface area (Å²) in [4.78, 5) is 37.8. The van der Waals surface area contributed by atoms with Crippen molar-refractivity contribution in [2.45, 2.75) is 45.1 Å². The molecule has 0 aliphatic rings. The van der Waals surface area contributed by atoms with E-state index in [0.717, 1.165) is 5.56 Å². The lowest BCUT2D eigenvalue weighted by atomic mass is 9.96. The molecule has 0 saturated heterocycles. The van der Waals surface area contributed by atoms with Gasteiger partial charge in [0.25, 0.3) is 0 Å². The van der Waals surface area contributed by atoms with E-state index in [1.807, 2.05) is 30.3 Å². The zero-order chi connectivity index (χ0) is 26.1. The highest BCUT2D eigenvalue weighted by atomic mass is 16.5. The molecule has 8 heteroatoms. The second kappa shape index (κ2) is 16.6. The van der Waals surface area contributed by atoms with Crippen LogP contribution in [0.2, 0.25) is 0 Å². The van der Waals surface area contributed by atoms with Gasteiger partial charge in [-0.1, -0.05) is 42.5 Å². The molecule has 0 saturated carbocycles. The first kappa shape index (κ1) is 30.1. The number of nitrogens with one attached hydrogen (secondary N) is 2. The highest BCUT2D eigenvalue weighted by molar-refractivity contribution is 5.86. The molecule has 0 bridgehead atoms. The first-order valence-corrected chi connectivity index (χ1v) is 11.9. The van der Waals surface area contributed by atoms with Crippen LogP contribution in [0, 0.1) is 11.8 Å². The van der Waals surface area contributed by atoms with Crippen molar-refractivity contribution in [1.82, 2.24) is 10.6 Å². The molecule has 0 aliphatic heterocycles. The number of esters is 1. The van der Waals surface area contributed by atoms with Crippen molar-refractivity contribution in [2.75, 3.05) is 33.0 Å². The van der Waals surface area contributed by atoms with Crippen molar-refractivity contribution < 1.29 is 29.0 Å². The largest absolute Gasteiger partial charge is 0.463 e. The lowest BCUT2D eigenvalue weighted by Gasteiger charge is -2.29. The Balaban J connectivity index is 2.60. The summed E-state index contributed by atoms with van der Waals surface area (Å²) in [5, 5.41) is 14.3. The minimum Gasteiger partial charge on any atom is -0.463 e. The molecular formula is C27H40N2O6. The summed E-state index contributed by atoms with van der Waals surface area (Å²) in [6, 6.07) is 9.70. The van der Waals surface area contributed by atoms with Crippen LogP contribution in [0.4, 0.5) is 0 Å². The van der Waals surface area contributed by atoms with E-state index in [0.29, 0.717) is 19.3 Å². The highest BCUT2D eigenvalue weighted by Gasteiger charge is 2.29. The Hall–Kier alpha value is -2.97. The molecule has 8 nitrogen and oxygen atoms in total. The standard InChI is InChI=1S/C27H40N2O6/c1-5-10-22(19-24(31)28-14-16-34-17-15-30)25(32)29-27(3,4)20-35-26(33)23(11-6-2)18-21-12-8-7-9-13-21/h5-9,12-13,22-23,30H,1-2,10-11,14-20H2,3-4H3,(H,28,31)(H,29,32)/t22-,23-/m1/s1. The maximum Gasteiger partial charge on any atom is 0.309 e. The number of hydrogen-bond acceptors (Lipinski definition) is 6. The number of aliphatic hydroxyl groups is 1. The number of hydrogen-bond donors (Lipinski definition) is 3. The van der Waals surface area contributed by atoms with Crippen LogP contribution in [0.5, 0.6) is 0 Å². The summed E-state index contributed by atoms with van der Waals surface area (Å²) in [6.07, 6.45) is 4.65. The van der Waals surface area contributed by atoms with Gasteiger partial charge in [-0.15, -0.1) is 13.2 Å². The normalized spacial score (nSPS) is 12.8. The first-order chi connectivity index (χ1) is 16.7. The Bertz CT molecular complexity index is 809. The average molecular weight is 489 g/mol. The second-order valence-electron chi connectivity index (χ2n) is 9.00. The number of benzene rings is 1. The van der Waals surface area contributed by atoms with E-state index in [1.165, 1.54) is 0 Å². The van der Waals surface area contributed by atoms with Crippen molar-refractivity contribution in [2.24, 2.45) is 11.8 Å². The van der Waals surface area contributed by atoms with Gasteiger partial charge in [0, 0.05) is 13.0 Å². The van der Waals surface area contributed by atoms with Crippen molar-refractivity contribution in [3.63, 3.8) is 0 Å². The molecule has 0 spiro atoms. The van der Waals surface area contributed by atoms with E-state index in [1.54, 1.807) is 26.0 Å². The van der Waals surface area contributed by atoms with Crippen LogP contribution in [0.15, 0.2) is 55.6 Å². The van der Waals surface area contributed by atoms with Crippen LogP contribution in [0.3, 0.4) is 0 Å². The third-order valence-corrected chi connectivity index (χ3v) is 5.20. The molecule has 1 aromatic carbocycles. The molecule has 2 atom stereocenters. The maximum atomic E-state index is 12.9. The van der Waals surface area contributed by atoms with Gasteiger partial charge in [0.2, 0.25) is 11.8 Å². The summed E-state index contributed by atoms with van der Waals surface area (Å²) < 4.78 is 10.7. The fraction of sp³-hybridized carbons (Fsp3) is 0.519. The molecule has 0 fully saturated rings. The number of carbonyl (C=O) groups is 3. The Kier molecular flexibility index (Phi) is 14.3. The lowest BCUT2D eigenvalue weighted by Crippen LogP contribution is -2.50. The summed E-state index contributed by atoms with van der Waals surface area (Å²) in [6.45, 7) is 11.6. The van der Waals surface area contributed by atoms with Crippen LogP contribution in [0.25, 0.3) is 0 Å². The zero-order valence-electron chi connectivity index (χ0n) is 21.0. The number of rotatable bonds is 18. The van der Waals surface area contributed by atoms with Crippen LogP contribution in [-0.4, -0.2) is 61.4 Å². The fourth-order valence-electron chi connectivity index (χ4n) is 3.41. The van der Waals surface area contributed by atoms with Gasteiger partial charge in [-0.25, -0.2) is 0 Å². The number of allylic oxidation sites excluding steroid dienone is 2. The molecule has 35 heavy (non-hydrogen) atoms. The summed E-state index contributed by atoms with van der Waals surface area (Å²) in [5.74, 6) is -1.91. The Morgan fingerprint density at radius 3 is 2.34 bits per heavy atom. The number of amides is 2. The highest BCUT2D eigenvalue weighted by Crippen LogP contribution is 2.17. The number of aliphatic hydroxyl groups excluding tert-OH is 1. The molecule has 0 aliphatic carbocycles. The van der Waals surface area contributed by atoms with E-state index in [4.69, 9.17) is 14.6 Å². The third kappa shape index (κ3) is 12.9. The Morgan fingerprint density at radius 1 is 1.06 bits per heavy atom. The maximum absolute atomic E-state index is 12.9. The molecule has 1 aromatic rings. The average Bonchev–Trinajstić information content (AvgIpc) is 2.82. The van der Waals surface area contributed by atoms with E-state index in [2.05, 4.69) is 23.8 Å². The predicted octanol–water partition coefficient (Wildman–Crippen LogP) is 2.57. The fourth-order valence-corrected chi connectivity index (χ4v) is 3.41. The van der Waals surface area contributed by atoms with Gasteiger partial charge >= 0.3 is 5.97 Å². The third-order valence-electron chi connectivity index (χ3n) is 5.20. The van der Waals surface area contributed by atoms with Crippen LogP contribution >= 0.6 is 0 Å². The van der Waals surface area contributed by atoms with Gasteiger partial charge in [0.05, 0.1) is 37.2 Å². The minimum atomic E-state index is -0.827. The van der Waals surface area contributed by atoms with Gasteiger partial charge in [0.1, 0.15) is 6.61 Å². The molecule has 0 heterocycles. The molecular weight excluding hydrogens is 448 g/mol. The molecule has 3 N–H and O–H groups in total. The summed E-state index contributed by atoms with van der Waals surface area (Å²) >= 11 is 0. The number of ether oxygens (including phenoxy) is 2. The van der Waals surface area contributed by atoms with E-state index in [9.17, 15) is 14.4 Å². The van der Waals surface area contributed by atoms with Gasteiger partial charge in [-0.05, 0) is 38.7 Å². The van der Waals surface area contributed by atoms with Crippen molar-refractivity contribution in [1.29, 1.82) is 0 Å². The van der Waals surface area contributed by atoms with Crippen molar-refractivity contribution in [3.05, 3.63) is 61.2 Å². The molecule has 0 unspecified atom stereocenters. The quantitative estimate of drug-likeness (QED) is 0.166. The summed E-state index contributed by atoms with van der Waals surface area (Å²) in [5.41, 5.74) is 0.209. The van der Waals surface area contributed by atoms with E-state index in [-0.39, 0.29) is 63.1 Å². The van der Waals surface area contributed by atoms with E-state index < -0.39 is 11.5 Å². The SMILES string of the molecule is C=CC[C@H](CC(=O)NCCOCCO)C(=O)NC(C)(C)COC(=O)[C@H](CC=C)Cc1ccccc1. The first-order valence-electron chi connectivity index (χ1n) is 11.9. The topological polar surface area (TPSA) is 114 Å². The predicted molar refractivity (Wildman–Crippen MR) is 135 cm³/mol. The van der Waals surface area contributed by atoms with Gasteiger partial charge < -0.3 is 25.2 Å². The minimum absolute atomic E-state index is 0.00475. The van der Waals surface area contributed by atoms with Gasteiger partial charge in [-0.2, -0.15) is 0 Å². The lowest BCUT2D eigenvalue weighted by molar-refractivity contribution is -0.151. The monoisotopic (exact) mass is 488 g/mol. The van der Waals surface area contributed by atoms with Crippen molar-refractivity contribution >= 4 is 17.8 Å². The van der Waals surface area contributed by atoms with Crippen LogP contribution in [-0.2, 0) is 30.3 Å².